The summed E-state index contributed by atoms with van der Waals surface area (Å²) in [5.74, 6) is -0.597. The second-order valence-electron chi connectivity index (χ2n) is 3.20. The quantitative estimate of drug-likeness (QED) is 0.723. The van der Waals surface area contributed by atoms with E-state index in [0.29, 0.717) is 23.4 Å². The molecule has 6 heteroatoms. The van der Waals surface area contributed by atoms with Crippen LogP contribution < -0.4 is 10.5 Å². The maximum atomic E-state index is 11.1. The number of nitrogens with zero attached hydrogens (tertiary/aromatic N) is 1. The second-order valence-corrected chi connectivity index (χ2v) is 3.20. The highest BCUT2D eigenvalue weighted by Crippen LogP contribution is 2.27. The van der Waals surface area contributed by atoms with Gasteiger partial charge in [0.15, 0.2) is 5.95 Å². The van der Waals surface area contributed by atoms with Gasteiger partial charge >= 0.3 is 5.97 Å². The van der Waals surface area contributed by atoms with Gasteiger partial charge in [0, 0.05) is 0 Å². The first-order valence-corrected chi connectivity index (χ1v) is 4.77. The average molecular weight is 221 g/mol. The number of hydrogen-bond acceptors (Lipinski definition) is 4. The zero-order valence-corrected chi connectivity index (χ0v) is 8.65. The fourth-order valence-corrected chi connectivity index (χ4v) is 1.56. The molecule has 1 aromatic carbocycles. The summed E-state index contributed by atoms with van der Waals surface area (Å²) >= 11 is 0. The summed E-state index contributed by atoms with van der Waals surface area (Å²) in [6, 6.07) is 3.28. The van der Waals surface area contributed by atoms with E-state index in [-0.39, 0.29) is 11.5 Å². The number of H-pyrrole nitrogens is 1. The highest BCUT2D eigenvalue weighted by atomic mass is 16.5. The standard InChI is InChI=1S/C10H11N3O3/c1-2-16-6-4-3-5-8(7(6)9(14)15)13-10(11)12-5/h3-4H,2H2,1H3,(H,14,15)(H3,11,12,13). The number of aromatic nitrogens is 2. The maximum Gasteiger partial charge on any atom is 0.341 e. The van der Waals surface area contributed by atoms with Gasteiger partial charge in [0.1, 0.15) is 16.8 Å². The van der Waals surface area contributed by atoms with Gasteiger partial charge in [0.25, 0.3) is 0 Å². The first-order valence-electron chi connectivity index (χ1n) is 4.77. The van der Waals surface area contributed by atoms with Crippen LogP contribution in [0.1, 0.15) is 17.3 Å². The van der Waals surface area contributed by atoms with Gasteiger partial charge in [-0.3, -0.25) is 0 Å². The first kappa shape index (κ1) is 10.3. The molecule has 0 unspecified atom stereocenters. The molecule has 0 amide bonds. The van der Waals surface area contributed by atoms with Crippen molar-refractivity contribution in [3.8, 4) is 5.75 Å². The molecule has 0 aliphatic rings. The van der Waals surface area contributed by atoms with Crippen molar-refractivity contribution in [2.45, 2.75) is 6.92 Å². The lowest BCUT2D eigenvalue weighted by atomic mass is 10.1. The van der Waals surface area contributed by atoms with Crippen molar-refractivity contribution in [2.24, 2.45) is 0 Å². The second kappa shape index (κ2) is 3.73. The summed E-state index contributed by atoms with van der Waals surface area (Å²) < 4.78 is 5.24. The van der Waals surface area contributed by atoms with Crippen molar-refractivity contribution >= 4 is 23.0 Å². The van der Waals surface area contributed by atoms with Crippen LogP contribution in [0.2, 0.25) is 0 Å². The normalized spacial score (nSPS) is 10.6. The predicted octanol–water partition coefficient (Wildman–Crippen LogP) is 1.24. The molecule has 0 saturated heterocycles. The third-order valence-corrected chi connectivity index (χ3v) is 2.15. The molecule has 2 rings (SSSR count). The SMILES string of the molecule is CCOc1ccc2[nH]c(N)nc2c1C(=O)O. The highest BCUT2D eigenvalue weighted by Gasteiger charge is 2.18. The van der Waals surface area contributed by atoms with Crippen molar-refractivity contribution in [1.29, 1.82) is 0 Å². The number of fused-ring (bicyclic) bond motifs is 1. The number of hydrogen-bond donors (Lipinski definition) is 3. The highest BCUT2D eigenvalue weighted by molar-refractivity contribution is 6.04. The smallest absolute Gasteiger partial charge is 0.341 e. The van der Waals surface area contributed by atoms with E-state index in [1.165, 1.54) is 0 Å². The monoisotopic (exact) mass is 221 g/mol. The van der Waals surface area contributed by atoms with Crippen LogP contribution in [-0.2, 0) is 0 Å². The van der Waals surface area contributed by atoms with Crippen LogP contribution in [0, 0.1) is 0 Å². The molecule has 0 aliphatic heterocycles. The van der Waals surface area contributed by atoms with Crippen LogP contribution in [0.5, 0.6) is 5.75 Å². The van der Waals surface area contributed by atoms with E-state index in [1.807, 2.05) is 0 Å². The summed E-state index contributed by atoms with van der Waals surface area (Å²) in [6.07, 6.45) is 0. The molecular formula is C10H11N3O3. The molecule has 16 heavy (non-hydrogen) atoms. The molecule has 1 aromatic heterocycles. The van der Waals surface area contributed by atoms with Gasteiger partial charge in [-0.2, -0.15) is 0 Å². The van der Waals surface area contributed by atoms with E-state index >= 15 is 0 Å². The van der Waals surface area contributed by atoms with E-state index in [9.17, 15) is 4.79 Å². The Kier molecular flexibility index (Phi) is 2.40. The number of nitrogens with two attached hydrogens (primary N) is 1. The van der Waals surface area contributed by atoms with Crippen molar-refractivity contribution in [1.82, 2.24) is 9.97 Å². The van der Waals surface area contributed by atoms with Crippen LogP contribution in [-0.4, -0.2) is 27.7 Å². The van der Waals surface area contributed by atoms with Gasteiger partial charge in [0.2, 0.25) is 0 Å². The molecule has 0 fully saturated rings. The summed E-state index contributed by atoms with van der Waals surface area (Å²) in [5, 5.41) is 9.12. The number of aromatic carboxylic acids is 1. The van der Waals surface area contributed by atoms with Gasteiger partial charge in [-0.25, -0.2) is 9.78 Å². The number of carboxylic acids is 1. The zero-order valence-electron chi connectivity index (χ0n) is 8.65. The first-order chi connectivity index (χ1) is 7.63. The lowest BCUT2D eigenvalue weighted by Gasteiger charge is -2.06. The number of carbonyl (C=O) groups is 1. The number of ether oxygens (including phenoxy) is 1. The lowest BCUT2D eigenvalue weighted by molar-refractivity contribution is 0.0694. The minimum atomic E-state index is -1.08. The van der Waals surface area contributed by atoms with Crippen LogP contribution in [0.3, 0.4) is 0 Å². The molecule has 1 heterocycles. The number of benzene rings is 1. The fraction of sp³-hybridized carbons (Fsp3) is 0.200. The van der Waals surface area contributed by atoms with Crippen LogP contribution in [0.4, 0.5) is 5.95 Å². The summed E-state index contributed by atoms with van der Waals surface area (Å²) in [6.45, 7) is 2.18. The predicted molar refractivity (Wildman–Crippen MR) is 58.6 cm³/mol. The average Bonchev–Trinajstić information content (AvgIpc) is 2.57. The van der Waals surface area contributed by atoms with Crippen LogP contribution in [0.15, 0.2) is 12.1 Å². The Morgan fingerprint density at radius 2 is 2.38 bits per heavy atom. The third-order valence-electron chi connectivity index (χ3n) is 2.15. The molecule has 84 valence electrons. The number of nitrogens with one attached hydrogen (secondary N) is 1. The van der Waals surface area contributed by atoms with Crippen LogP contribution >= 0.6 is 0 Å². The van der Waals surface area contributed by atoms with E-state index in [1.54, 1.807) is 19.1 Å². The Morgan fingerprint density at radius 3 is 3.00 bits per heavy atom. The Balaban J connectivity index is 2.72. The maximum absolute atomic E-state index is 11.1. The summed E-state index contributed by atoms with van der Waals surface area (Å²) in [4.78, 5) is 17.9. The summed E-state index contributed by atoms with van der Waals surface area (Å²) in [5.41, 5.74) is 6.42. The van der Waals surface area contributed by atoms with E-state index < -0.39 is 5.97 Å². The molecule has 0 atom stereocenters. The lowest BCUT2D eigenvalue weighted by Crippen LogP contribution is -2.03. The molecule has 0 spiro atoms. The Morgan fingerprint density at radius 1 is 1.62 bits per heavy atom. The van der Waals surface area contributed by atoms with Crippen molar-refractivity contribution in [2.75, 3.05) is 12.3 Å². The van der Waals surface area contributed by atoms with E-state index in [0.717, 1.165) is 0 Å². The third kappa shape index (κ3) is 1.54. The minimum Gasteiger partial charge on any atom is -0.493 e. The number of anilines is 1. The number of aromatic amines is 1. The Labute approximate surface area is 91.0 Å². The molecule has 2 aromatic rings. The number of carboxylic acid groups (broad SMARTS) is 1. The fourth-order valence-electron chi connectivity index (χ4n) is 1.56. The molecule has 0 bridgehead atoms. The topological polar surface area (TPSA) is 101 Å². The molecule has 6 nitrogen and oxygen atoms in total. The molecular weight excluding hydrogens is 210 g/mol. The number of nitrogen functional groups attached to an aromatic ring is 1. The van der Waals surface area contributed by atoms with Gasteiger partial charge < -0.3 is 20.6 Å². The van der Waals surface area contributed by atoms with Crippen molar-refractivity contribution < 1.29 is 14.6 Å². The summed E-state index contributed by atoms with van der Waals surface area (Å²) in [7, 11) is 0. The molecule has 0 saturated carbocycles. The van der Waals surface area contributed by atoms with Crippen molar-refractivity contribution in [3.05, 3.63) is 17.7 Å². The van der Waals surface area contributed by atoms with Crippen LogP contribution in [0.25, 0.3) is 11.0 Å². The minimum absolute atomic E-state index is 0.0345. The van der Waals surface area contributed by atoms with E-state index in [2.05, 4.69) is 9.97 Å². The molecule has 4 N–H and O–H groups in total. The van der Waals surface area contributed by atoms with Crippen molar-refractivity contribution in [3.63, 3.8) is 0 Å². The molecule has 0 aliphatic carbocycles. The Bertz CT molecular complexity index is 547. The largest absolute Gasteiger partial charge is 0.493 e. The van der Waals surface area contributed by atoms with Gasteiger partial charge in [-0.15, -0.1) is 0 Å². The van der Waals surface area contributed by atoms with Gasteiger partial charge in [-0.05, 0) is 19.1 Å². The molecule has 0 radical (unpaired) electrons. The Hall–Kier alpha value is -2.24. The number of imidazole rings is 1. The number of rotatable bonds is 3. The zero-order chi connectivity index (χ0) is 11.7. The van der Waals surface area contributed by atoms with Gasteiger partial charge in [-0.1, -0.05) is 0 Å². The van der Waals surface area contributed by atoms with Gasteiger partial charge in [0.05, 0.1) is 12.1 Å². The van der Waals surface area contributed by atoms with E-state index in [4.69, 9.17) is 15.6 Å².